The van der Waals surface area contributed by atoms with Crippen LogP contribution in [0, 0.1) is 0 Å². The van der Waals surface area contributed by atoms with E-state index < -0.39 is 0 Å². The van der Waals surface area contributed by atoms with Gasteiger partial charge in [-0.15, -0.1) is 0 Å². The molecule has 1 N–H and O–H groups in total. The van der Waals surface area contributed by atoms with E-state index in [0.29, 0.717) is 0 Å². The fourth-order valence-electron chi connectivity index (χ4n) is 2.23. The normalized spacial score (nSPS) is 19.1. The monoisotopic (exact) mass is 211 g/mol. The number of benzene rings is 1. The zero-order valence-electron chi connectivity index (χ0n) is 8.93. The van der Waals surface area contributed by atoms with Crippen molar-refractivity contribution in [2.75, 3.05) is 6.54 Å². The van der Waals surface area contributed by atoms with Gasteiger partial charge >= 0.3 is 0 Å². The Bertz CT molecular complexity index is 482. The number of nitrogens with one attached hydrogen (secondary N) is 1. The van der Waals surface area contributed by atoms with Crippen LogP contribution in [0.2, 0.25) is 0 Å². The summed E-state index contributed by atoms with van der Waals surface area (Å²) in [5, 5.41) is 3.49. The lowest BCUT2D eigenvalue weighted by atomic mass is 9.93. The van der Waals surface area contributed by atoms with E-state index in [-0.39, 0.29) is 6.04 Å². The van der Waals surface area contributed by atoms with Crippen molar-refractivity contribution in [3.05, 3.63) is 59.7 Å². The highest BCUT2D eigenvalue weighted by atomic mass is 15.0. The maximum Gasteiger partial charge on any atom is 0.0801 e. The molecule has 0 spiro atoms. The first-order chi connectivity index (χ1) is 7.95. The number of rotatable bonds is 1. The molecule has 16 heavy (non-hydrogen) atoms. The molecular formula is C13H13N3. The van der Waals surface area contributed by atoms with E-state index in [1.54, 1.807) is 12.4 Å². The smallest absolute Gasteiger partial charge is 0.0801 e. The fourth-order valence-corrected chi connectivity index (χ4v) is 2.23. The van der Waals surface area contributed by atoms with E-state index in [9.17, 15) is 0 Å². The van der Waals surface area contributed by atoms with Crippen LogP contribution in [0.3, 0.4) is 0 Å². The molecular weight excluding hydrogens is 198 g/mol. The van der Waals surface area contributed by atoms with Crippen molar-refractivity contribution in [3.8, 4) is 0 Å². The summed E-state index contributed by atoms with van der Waals surface area (Å²) in [5.74, 6) is 0. The van der Waals surface area contributed by atoms with Gasteiger partial charge in [0.15, 0.2) is 0 Å². The summed E-state index contributed by atoms with van der Waals surface area (Å²) in [6.45, 7) is 0.998. The van der Waals surface area contributed by atoms with Crippen molar-refractivity contribution >= 4 is 0 Å². The second-order valence-electron chi connectivity index (χ2n) is 3.97. The summed E-state index contributed by atoms with van der Waals surface area (Å²) < 4.78 is 0. The zero-order valence-corrected chi connectivity index (χ0v) is 8.93. The van der Waals surface area contributed by atoms with Crippen LogP contribution in [-0.4, -0.2) is 16.5 Å². The average Bonchev–Trinajstić information content (AvgIpc) is 2.39. The van der Waals surface area contributed by atoms with Crippen molar-refractivity contribution in [2.45, 2.75) is 12.5 Å². The fraction of sp³-hybridized carbons (Fsp3) is 0.231. The quantitative estimate of drug-likeness (QED) is 0.780. The van der Waals surface area contributed by atoms with Crippen LogP contribution < -0.4 is 5.32 Å². The summed E-state index contributed by atoms with van der Waals surface area (Å²) in [5.41, 5.74) is 3.74. The first-order valence-electron chi connectivity index (χ1n) is 5.52. The van der Waals surface area contributed by atoms with Crippen molar-refractivity contribution in [1.29, 1.82) is 0 Å². The van der Waals surface area contributed by atoms with Crippen molar-refractivity contribution in [3.63, 3.8) is 0 Å². The molecule has 0 radical (unpaired) electrons. The van der Waals surface area contributed by atoms with Crippen LogP contribution in [0.1, 0.15) is 22.9 Å². The third-order valence-corrected chi connectivity index (χ3v) is 2.99. The van der Waals surface area contributed by atoms with Crippen LogP contribution >= 0.6 is 0 Å². The van der Waals surface area contributed by atoms with E-state index in [1.165, 1.54) is 11.1 Å². The van der Waals surface area contributed by atoms with Gasteiger partial charge in [0, 0.05) is 18.9 Å². The summed E-state index contributed by atoms with van der Waals surface area (Å²) in [4.78, 5) is 8.51. The minimum absolute atomic E-state index is 0.193. The molecule has 1 aliphatic rings. The van der Waals surface area contributed by atoms with E-state index in [4.69, 9.17) is 0 Å². The molecule has 1 atom stereocenters. The molecule has 3 heteroatoms. The second-order valence-corrected chi connectivity index (χ2v) is 3.97. The summed E-state index contributed by atoms with van der Waals surface area (Å²) >= 11 is 0. The third kappa shape index (κ3) is 1.59. The molecule has 3 nitrogen and oxygen atoms in total. The Morgan fingerprint density at radius 3 is 3.00 bits per heavy atom. The van der Waals surface area contributed by atoms with Crippen molar-refractivity contribution in [1.82, 2.24) is 15.3 Å². The lowest BCUT2D eigenvalue weighted by Gasteiger charge is -2.26. The molecule has 0 saturated heterocycles. The first-order valence-corrected chi connectivity index (χ1v) is 5.52. The molecule has 0 amide bonds. The van der Waals surface area contributed by atoms with E-state index in [2.05, 4.69) is 39.6 Å². The van der Waals surface area contributed by atoms with Gasteiger partial charge in [0.2, 0.25) is 0 Å². The molecule has 1 aliphatic heterocycles. The predicted molar refractivity (Wildman–Crippen MR) is 62.0 cm³/mol. The molecule has 1 aromatic heterocycles. The maximum absolute atomic E-state index is 4.38. The number of hydrogen-bond donors (Lipinski definition) is 1. The summed E-state index contributed by atoms with van der Waals surface area (Å²) in [7, 11) is 0. The molecule has 2 heterocycles. The molecule has 1 unspecified atom stereocenters. The Balaban J connectivity index is 2.05. The Kier molecular flexibility index (Phi) is 2.38. The van der Waals surface area contributed by atoms with Gasteiger partial charge in [-0.3, -0.25) is 9.97 Å². The molecule has 0 aliphatic carbocycles. The van der Waals surface area contributed by atoms with Gasteiger partial charge in [0.25, 0.3) is 0 Å². The standard InChI is InChI=1S/C13H13N3/c1-2-4-11-10(3-1)5-6-16-13(11)12-9-14-7-8-15-12/h1-4,7-9,13,16H,5-6H2. The van der Waals surface area contributed by atoms with Gasteiger partial charge < -0.3 is 5.32 Å². The molecule has 80 valence electrons. The third-order valence-electron chi connectivity index (χ3n) is 2.99. The molecule has 0 bridgehead atoms. The Labute approximate surface area is 94.6 Å². The molecule has 3 rings (SSSR count). The second kappa shape index (κ2) is 4.02. The number of hydrogen-bond acceptors (Lipinski definition) is 3. The first kappa shape index (κ1) is 9.48. The predicted octanol–water partition coefficient (Wildman–Crippen LogP) is 1.71. The maximum atomic E-state index is 4.38. The topological polar surface area (TPSA) is 37.8 Å². The average molecular weight is 211 g/mol. The molecule has 2 aromatic rings. The lowest BCUT2D eigenvalue weighted by Crippen LogP contribution is -2.31. The van der Waals surface area contributed by atoms with Crippen molar-refractivity contribution in [2.24, 2.45) is 0 Å². The Morgan fingerprint density at radius 2 is 2.12 bits per heavy atom. The minimum atomic E-state index is 0.193. The van der Waals surface area contributed by atoms with Crippen LogP contribution in [0.4, 0.5) is 0 Å². The lowest BCUT2D eigenvalue weighted by molar-refractivity contribution is 0.555. The van der Waals surface area contributed by atoms with Gasteiger partial charge in [-0.1, -0.05) is 24.3 Å². The molecule has 0 saturated carbocycles. The molecule has 0 fully saturated rings. The number of nitrogens with zero attached hydrogens (tertiary/aromatic N) is 2. The summed E-state index contributed by atoms with van der Waals surface area (Å²) in [6, 6.07) is 8.73. The zero-order chi connectivity index (χ0) is 10.8. The van der Waals surface area contributed by atoms with Gasteiger partial charge in [0.1, 0.15) is 0 Å². The summed E-state index contributed by atoms with van der Waals surface area (Å²) in [6.07, 6.45) is 6.37. The van der Waals surface area contributed by atoms with Crippen LogP contribution in [0.5, 0.6) is 0 Å². The van der Waals surface area contributed by atoms with Gasteiger partial charge in [-0.2, -0.15) is 0 Å². The number of fused-ring (bicyclic) bond motifs is 1. The van der Waals surface area contributed by atoms with Gasteiger partial charge in [-0.25, -0.2) is 0 Å². The Hall–Kier alpha value is -1.74. The highest BCUT2D eigenvalue weighted by Gasteiger charge is 2.21. The largest absolute Gasteiger partial charge is 0.305 e. The van der Waals surface area contributed by atoms with Crippen LogP contribution in [-0.2, 0) is 6.42 Å². The number of aromatic nitrogens is 2. The van der Waals surface area contributed by atoms with Gasteiger partial charge in [-0.05, 0) is 17.5 Å². The SMILES string of the molecule is c1ccc2c(c1)CCNC2c1cnccn1. The van der Waals surface area contributed by atoms with Crippen LogP contribution in [0.25, 0.3) is 0 Å². The van der Waals surface area contributed by atoms with Crippen LogP contribution in [0.15, 0.2) is 42.9 Å². The van der Waals surface area contributed by atoms with E-state index in [0.717, 1.165) is 18.7 Å². The minimum Gasteiger partial charge on any atom is -0.305 e. The highest BCUT2D eigenvalue weighted by molar-refractivity contribution is 5.36. The van der Waals surface area contributed by atoms with Crippen molar-refractivity contribution < 1.29 is 0 Å². The Morgan fingerprint density at radius 1 is 1.19 bits per heavy atom. The van der Waals surface area contributed by atoms with Gasteiger partial charge in [0.05, 0.1) is 17.9 Å². The molecule has 1 aromatic carbocycles. The van der Waals surface area contributed by atoms with E-state index >= 15 is 0 Å². The highest BCUT2D eigenvalue weighted by Crippen LogP contribution is 2.26. The van der Waals surface area contributed by atoms with E-state index in [1.807, 2.05) is 6.20 Å².